The van der Waals surface area contributed by atoms with E-state index in [9.17, 15) is 13.8 Å². The lowest BCUT2D eigenvalue weighted by molar-refractivity contribution is -0.130. The molecule has 0 saturated carbocycles. The summed E-state index contributed by atoms with van der Waals surface area (Å²) in [6, 6.07) is 25.8. The first-order valence-corrected chi connectivity index (χ1v) is 14.7. The molecule has 10 heteroatoms. The molecule has 0 aliphatic carbocycles. The second kappa shape index (κ2) is 14.2. The highest BCUT2D eigenvalue weighted by Gasteiger charge is 2.23. The highest BCUT2D eigenvalue weighted by atomic mass is 32.2. The maximum absolute atomic E-state index is 12.9. The van der Waals surface area contributed by atoms with Crippen LogP contribution >= 0.6 is 0 Å². The number of carbonyl (C=O) groups excluding carboxylic acids is 2. The fourth-order valence-electron chi connectivity index (χ4n) is 4.23. The molecule has 2 heterocycles. The Balaban J connectivity index is 0.00000189. The van der Waals surface area contributed by atoms with E-state index >= 15 is 0 Å². The van der Waals surface area contributed by atoms with Gasteiger partial charge < -0.3 is 19.8 Å². The molecule has 1 aliphatic rings. The fourth-order valence-corrected chi connectivity index (χ4v) is 5.10. The zero-order chi connectivity index (χ0) is 29.2. The van der Waals surface area contributed by atoms with Gasteiger partial charge in [-0.1, -0.05) is 44.2 Å². The van der Waals surface area contributed by atoms with Crippen LogP contribution in [0, 0.1) is 0 Å². The monoisotopic (exact) mass is 570 g/mol. The summed E-state index contributed by atoms with van der Waals surface area (Å²) in [6.45, 7) is 7.72. The third-order valence-corrected chi connectivity index (χ3v) is 7.53. The zero-order valence-electron chi connectivity index (χ0n) is 23.4. The topological polar surface area (TPSA) is 108 Å². The summed E-state index contributed by atoms with van der Waals surface area (Å²) in [5, 5.41) is 3.19. The second-order valence-corrected chi connectivity index (χ2v) is 10.2. The number of amides is 2. The Kier molecular flexibility index (Phi) is 10.2. The summed E-state index contributed by atoms with van der Waals surface area (Å²) in [6.07, 6.45) is 1.68. The molecule has 2 amide bonds. The van der Waals surface area contributed by atoms with Crippen molar-refractivity contribution in [1.29, 1.82) is 0 Å². The van der Waals surface area contributed by atoms with Crippen molar-refractivity contribution in [2.75, 3.05) is 36.2 Å². The average molecular weight is 571 g/mol. The molecule has 1 atom stereocenters. The van der Waals surface area contributed by atoms with Gasteiger partial charge in [-0.2, -0.15) is 0 Å². The molecule has 9 nitrogen and oxygen atoms in total. The Morgan fingerprint density at radius 1 is 0.780 bits per heavy atom. The van der Waals surface area contributed by atoms with E-state index in [0.29, 0.717) is 42.6 Å². The van der Waals surface area contributed by atoms with E-state index in [2.05, 4.69) is 20.0 Å². The Morgan fingerprint density at radius 3 is 2.02 bits per heavy atom. The van der Waals surface area contributed by atoms with Crippen molar-refractivity contribution < 1.29 is 13.8 Å². The van der Waals surface area contributed by atoms with E-state index in [-0.39, 0.29) is 11.8 Å². The number of nitrogens with zero attached hydrogens (tertiary/aromatic N) is 4. The molecular formula is C31H34N6O3S. The largest absolute Gasteiger partial charge is 0.339 e. The fraction of sp³-hybridized carbons (Fsp3) is 0.226. The van der Waals surface area contributed by atoms with E-state index in [1.807, 2.05) is 86.6 Å². The van der Waals surface area contributed by atoms with Crippen molar-refractivity contribution in [3.63, 3.8) is 0 Å². The Morgan fingerprint density at radius 2 is 1.39 bits per heavy atom. The molecule has 1 aromatic heterocycles. The van der Waals surface area contributed by atoms with Gasteiger partial charge in [-0.3, -0.25) is 9.59 Å². The van der Waals surface area contributed by atoms with Crippen molar-refractivity contribution in [2.24, 2.45) is 0 Å². The van der Waals surface area contributed by atoms with E-state index in [1.165, 1.54) is 0 Å². The molecule has 1 fully saturated rings. The summed E-state index contributed by atoms with van der Waals surface area (Å²) in [7, 11) is -1.35. The highest BCUT2D eigenvalue weighted by Crippen LogP contribution is 2.23. The number of anilines is 3. The second-order valence-electron chi connectivity index (χ2n) is 9.03. The van der Waals surface area contributed by atoms with Gasteiger partial charge in [0, 0.05) is 61.8 Å². The number of carbonyl (C=O) groups is 2. The predicted octanol–water partition coefficient (Wildman–Crippen LogP) is 5.35. The maximum atomic E-state index is 12.9. The third kappa shape index (κ3) is 7.76. The van der Waals surface area contributed by atoms with Crippen LogP contribution in [0.2, 0.25) is 0 Å². The van der Waals surface area contributed by atoms with Crippen LogP contribution in [0.4, 0.5) is 17.3 Å². The molecule has 1 aliphatic heterocycles. The van der Waals surface area contributed by atoms with Gasteiger partial charge >= 0.3 is 0 Å². The van der Waals surface area contributed by atoms with Crippen LogP contribution in [-0.4, -0.2) is 62.0 Å². The molecule has 3 aromatic carbocycles. The predicted molar refractivity (Wildman–Crippen MR) is 163 cm³/mol. The van der Waals surface area contributed by atoms with Crippen molar-refractivity contribution in [1.82, 2.24) is 19.8 Å². The van der Waals surface area contributed by atoms with Gasteiger partial charge in [-0.15, -0.1) is 0 Å². The Hall–Kier alpha value is -4.57. The number of hydrogen-bond donors (Lipinski definition) is 2. The minimum Gasteiger partial charge on any atom is -0.339 e. The molecule has 0 spiro atoms. The molecule has 0 bridgehead atoms. The Labute approximate surface area is 243 Å². The van der Waals surface area contributed by atoms with Gasteiger partial charge in [0.1, 0.15) is 11.0 Å². The summed E-state index contributed by atoms with van der Waals surface area (Å²) in [5.41, 5.74) is 3.71. The molecule has 0 radical (unpaired) electrons. The van der Waals surface area contributed by atoms with Crippen molar-refractivity contribution in [3.8, 4) is 11.3 Å². The molecule has 2 N–H and O–H groups in total. The smallest absolute Gasteiger partial charge is 0.253 e. The summed E-state index contributed by atoms with van der Waals surface area (Å²) >= 11 is 0. The van der Waals surface area contributed by atoms with Crippen molar-refractivity contribution in [2.45, 2.75) is 25.7 Å². The zero-order valence-corrected chi connectivity index (χ0v) is 24.2. The normalized spacial score (nSPS) is 13.4. The van der Waals surface area contributed by atoms with Gasteiger partial charge in [-0.25, -0.2) is 14.2 Å². The number of hydrogen-bond acceptors (Lipinski definition) is 6. The van der Waals surface area contributed by atoms with Crippen LogP contribution in [0.25, 0.3) is 11.3 Å². The van der Waals surface area contributed by atoms with E-state index in [1.54, 1.807) is 35.1 Å². The number of piperazine rings is 1. The summed E-state index contributed by atoms with van der Waals surface area (Å²) in [5.74, 6) is 0.419. The van der Waals surface area contributed by atoms with Gasteiger partial charge in [0.2, 0.25) is 11.9 Å². The van der Waals surface area contributed by atoms with E-state index in [0.717, 1.165) is 22.6 Å². The molecule has 41 heavy (non-hydrogen) atoms. The molecule has 1 saturated heterocycles. The van der Waals surface area contributed by atoms with Crippen molar-refractivity contribution in [3.05, 3.63) is 96.7 Å². The third-order valence-electron chi connectivity index (χ3n) is 6.40. The van der Waals surface area contributed by atoms with Crippen LogP contribution < -0.4 is 10.0 Å². The van der Waals surface area contributed by atoms with Crippen LogP contribution in [0.1, 0.15) is 31.1 Å². The molecule has 212 valence electrons. The number of nitrogens with one attached hydrogen (secondary N) is 2. The average Bonchev–Trinajstić information content (AvgIpc) is 3.03. The van der Waals surface area contributed by atoms with Gasteiger partial charge in [0.05, 0.1) is 10.6 Å². The summed E-state index contributed by atoms with van der Waals surface area (Å²) < 4.78 is 15.5. The number of aromatic nitrogens is 2. The summed E-state index contributed by atoms with van der Waals surface area (Å²) in [4.78, 5) is 37.6. The molecular weight excluding hydrogens is 536 g/mol. The first-order valence-electron chi connectivity index (χ1n) is 13.5. The van der Waals surface area contributed by atoms with Crippen molar-refractivity contribution >= 4 is 40.1 Å². The first-order chi connectivity index (χ1) is 20.0. The standard InChI is InChI=1S/C29H28N6O3S.C2H6/c1-21(36)34-17-19-35(20-18-34)28(37)23-9-11-24(12-10-23)31-29-30-16-15-27(32-29)22-7-13-25(14-8-22)33-39(38)26-5-3-2-4-6-26;1-2/h2-16,33H,17-20H2,1H3,(H,30,31,32);1-2H3. The van der Waals surface area contributed by atoms with Gasteiger partial charge in [0.25, 0.3) is 5.91 Å². The lowest BCUT2D eigenvalue weighted by atomic mass is 10.1. The van der Waals surface area contributed by atoms with E-state index < -0.39 is 11.0 Å². The quantitative estimate of drug-likeness (QED) is 0.310. The SMILES string of the molecule is CC.CC(=O)N1CCN(C(=O)c2ccc(Nc3nccc(-c4ccc(NS(=O)c5ccccc5)cc4)n3)cc2)CC1. The lowest BCUT2D eigenvalue weighted by Gasteiger charge is -2.34. The maximum Gasteiger partial charge on any atom is 0.253 e. The molecule has 1 unspecified atom stereocenters. The number of benzene rings is 3. The minimum absolute atomic E-state index is 0.0364. The van der Waals surface area contributed by atoms with Crippen LogP contribution in [0.5, 0.6) is 0 Å². The van der Waals surface area contributed by atoms with Crippen LogP contribution in [0.15, 0.2) is 96.0 Å². The number of rotatable bonds is 7. The Bertz CT molecular complexity index is 1470. The lowest BCUT2D eigenvalue weighted by Crippen LogP contribution is -2.50. The van der Waals surface area contributed by atoms with Gasteiger partial charge in [0.15, 0.2) is 0 Å². The van der Waals surface area contributed by atoms with Gasteiger partial charge in [-0.05, 0) is 54.6 Å². The highest BCUT2D eigenvalue weighted by molar-refractivity contribution is 7.86. The molecule has 5 rings (SSSR count). The van der Waals surface area contributed by atoms with Crippen LogP contribution in [0.3, 0.4) is 0 Å². The first kappa shape index (κ1) is 29.4. The van der Waals surface area contributed by atoms with E-state index in [4.69, 9.17) is 0 Å². The molecule has 4 aromatic rings. The minimum atomic E-state index is -1.35. The van der Waals surface area contributed by atoms with Crippen LogP contribution in [-0.2, 0) is 15.8 Å².